The fourth-order valence-electron chi connectivity index (χ4n) is 8.37. The molecule has 59 heavy (non-hydrogen) atoms. The molecule has 5 aromatic rings. The molecule has 0 spiro atoms. The lowest BCUT2D eigenvalue weighted by Gasteiger charge is -2.48. The summed E-state index contributed by atoms with van der Waals surface area (Å²) in [7, 11) is 0. The molecule has 2 aliphatic heterocycles. The first-order valence-corrected chi connectivity index (χ1v) is 19.4. The van der Waals surface area contributed by atoms with Gasteiger partial charge in [0.2, 0.25) is 0 Å². The van der Waals surface area contributed by atoms with E-state index in [1.165, 1.54) is 18.3 Å². The number of aliphatic hydroxyl groups excluding tert-OH is 2. The maximum absolute atomic E-state index is 14.1. The molecule has 0 saturated carbocycles. The number of phenolic OH excluding ortho intramolecular Hbond substituents is 2. The van der Waals surface area contributed by atoms with Gasteiger partial charge in [0.05, 0.1) is 12.0 Å². The van der Waals surface area contributed by atoms with Crippen molar-refractivity contribution >= 4 is 28.6 Å². The lowest BCUT2D eigenvalue weighted by Crippen LogP contribution is -2.57. The molecule has 5 unspecified atom stereocenters. The number of ether oxygens (including phenoxy) is 2. The van der Waals surface area contributed by atoms with E-state index in [0.29, 0.717) is 35.5 Å². The number of nitrogens with two attached hydrogens (primary N) is 2. The summed E-state index contributed by atoms with van der Waals surface area (Å²) < 4.78 is 20.0. The van der Waals surface area contributed by atoms with Crippen molar-refractivity contribution < 1.29 is 39.1 Å². The van der Waals surface area contributed by atoms with E-state index >= 15 is 0 Å². The number of nitrogen functional groups attached to an aromatic ring is 2. The zero-order chi connectivity index (χ0) is 42.1. The molecule has 306 valence electrons. The molecular weight excluding hydrogens is 755 g/mol. The number of fused-ring (bicyclic) bond motifs is 3. The number of likely N-dealkylation sites (N-methyl/N-ethyl adjacent to an activating group) is 1. The van der Waals surface area contributed by atoms with E-state index < -0.39 is 59.3 Å². The van der Waals surface area contributed by atoms with Crippen molar-refractivity contribution in [1.82, 2.24) is 15.3 Å². The molecule has 5 heterocycles. The number of esters is 1. The van der Waals surface area contributed by atoms with Gasteiger partial charge >= 0.3 is 5.97 Å². The second-order valence-corrected chi connectivity index (χ2v) is 15.1. The van der Waals surface area contributed by atoms with Gasteiger partial charge in [-0.3, -0.25) is 4.79 Å². The van der Waals surface area contributed by atoms with Gasteiger partial charge in [-0.1, -0.05) is 37.1 Å². The van der Waals surface area contributed by atoms with E-state index in [0.717, 1.165) is 11.6 Å². The lowest BCUT2D eigenvalue weighted by molar-refractivity contribution is -0.164. The predicted molar refractivity (Wildman–Crippen MR) is 221 cm³/mol. The van der Waals surface area contributed by atoms with Gasteiger partial charge in [0, 0.05) is 66.4 Å². The number of pyridine rings is 2. The van der Waals surface area contributed by atoms with Crippen LogP contribution in [-0.2, 0) is 34.4 Å². The highest BCUT2D eigenvalue weighted by atomic mass is 16.6. The minimum Gasteiger partial charge on any atom is -0.508 e. The molecule has 5 atom stereocenters. The third-order valence-electron chi connectivity index (χ3n) is 11.5. The summed E-state index contributed by atoms with van der Waals surface area (Å²) in [5.41, 5.74) is 10.9. The van der Waals surface area contributed by atoms with E-state index in [1.54, 1.807) is 49.5 Å². The molecule has 3 aromatic heterocycles. The van der Waals surface area contributed by atoms with Crippen molar-refractivity contribution in [3.63, 3.8) is 0 Å². The van der Waals surface area contributed by atoms with Crippen LogP contribution in [0.4, 0.5) is 11.6 Å². The Balaban J connectivity index is 1.61. The molecule has 14 heteroatoms. The summed E-state index contributed by atoms with van der Waals surface area (Å²) in [6, 6.07) is 14.3. The van der Waals surface area contributed by atoms with E-state index in [9.17, 15) is 30.0 Å². The number of nitrogens with zero attached hydrogens (tertiary/aromatic N) is 2. The molecule has 0 aliphatic carbocycles. The number of hydrogen-bond acceptors (Lipinski definition) is 14. The molecule has 2 aliphatic rings. The molecule has 0 radical (unpaired) electrons. The first-order valence-electron chi connectivity index (χ1n) is 19.4. The Labute approximate surface area is 340 Å². The Morgan fingerprint density at radius 2 is 1.92 bits per heavy atom. The van der Waals surface area contributed by atoms with Crippen LogP contribution >= 0.6 is 0 Å². The third kappa shape index (κ3) is 7.44. The van der Waals surface area contributed by atoms with Crippen LogP contribution in [0.5, 0.6) is 17.2 Å². The van der Waals surface area contributed by atoms with Crippen LogP contribution in [0, 0.1) is 17.8 Å². The van der Waals surface area contributed by atoms with Gasteiger partial charge in [0.25, 0.3) is 0 Å². The number of carbonyl (C=O) groups excluding carboxylic acids is 1. The number of aromatic hydroxyl groups is 2. The Hall–Kier alpha value is -6.40. The van der Waals surface area contributed by atoms with Crippen molar-refractivity contribution in [3.8, 4) is 29.1 Å². The van der Waals surface area contributed by atoms with Gasteiger partial charge in [-0.2, -0.15) is 0 Å². The molecule has 9 N–H and O–H groups in total. The van der Waals surface area contributed by atoms with Gasteiger partial charge < -0.3 is 51.1 Å². The molecule has 14 nitrogen and oxygen atoms in total. The van der Waals surface area contributed by atoms with Crippen LogP contribution in [0.1, 0.15) is 66.7 Å². The van der Waals surface area contributed by atoms with Crippen LogP contribution < -0.4 is 26.9 Å². The Morgan fingerprint density at radius 3 is 2.59 bits per heavy atom. The fraction of sp³-hybridized carbons (Fsp3) is 0.333. The third-order valence-corrected chi connectivity index (χ3v) is 11.5. The topological polar surface area (TPSA) is 237 Å². The van der Waals surface area contributed by atoms with Crippen molar-refractivity contribution in [2.75, 3.05) is 31.2 Å². The number of aliphatic hydroxyl groups is 2. The summed E-state index contributed by atoms with van der Waals surface area (Å²) in [6.07, 6.45) is 4.13. The standard InChI is InChI=1S/C45H47N5O9/c1-4-26(22-48-5-2)43(56)58-34-20-32-40(55)37-33(54)19-31(23-51)57-42(37)38-39(27-13-15-49-36(47)17-27)45(24-52,29-8-6-10-30(53)18-29)14-7-9-28(44(34,3)59-41(32)38)16-25-11-12-35(46)50-21-25/h4,6,8,10-13,15,17-19,21,28,34,39,48,51-53,55H,5,9,16,20,22-24H2,1-3H3,(H2,46,50)(H2,47,49). The second-order valence-electron chi connectivity index (χ2n) is 15.1. The van der Waals surface area contributed by atoms with Crippen molar-refractivity contribution in [3.05, 3.63) is 122 Å². The normalized spacial score (nSPS) is 22.5. The Morgan fingerprint density at radius 1 is 1.10 bits per heavy atom. The highest BCUT2D eigenvalue weighted by molar-refractivity contribution is 5.92. The van der Waals surface area contributed by atoms with E-state index in [4.69, 9.17) is 25.4 Å². The Bertz CT molecular complexity index is 2560. The van der Waals surface area contributed by atoms with Gasteiger partial charge in [0.15, 0.2) is 5.43 Å². The van der Waals surface area contributed by atoms with Crippen LogP contribution in [-0.4, -0.2) is 67.8 Å². The highest BCUT2D eigenvalue weighted by Gasteiger charge is 2.54. The Kier molecular flexibility index (Phi) is 11.4. The number of hydrogen-bond donors (Lipinski definition) is 7. The SMILES string of the molecule is CC=C(CNCC)C(=O)OC1Cc2c3c(c4oc(CO)cc(=O)c4c2O)C(c2ccnc(N)c2)C(CO)(c2cccc(O)c2)C#CCC(Cc2ccc(N)nc2)C1(C)O3. The molecule has 2 bridgehead atoms. The molecule has 0 fully saturated rings. The van der Waals surface area contributed by atoms with Crippen LogP contribution in [0.3, 0.4) is 0 Å². The van der Waals surface area contributed by atoms with E-state index in [1.807, 2.05) is 19.9 Å². The number of allylic oxidation sites excluding steroid dienone is 1. The summed E-state index contributed by atoms with van der Waals surface area (Å²) >= 11 is 0. The number of aromatic nitrogens is 2. The largest absolute Gasteiger partial charge is 0.508 e. The second kappa shape index (κ2) is 16.5. The average Bonchev–Trinajstić information content (AvgIpc) is 3.22. The summed E-state index contributed by atoms with van der Waals surface area (Å²) in [5, 5.41) is 48.2. The van der Waals surface area contributed by atoms with Crippen molar-refractivity contribution in [1.29, 1.82) is 0 Å². The maximum Gasteiger partial charge on any atom is 0.335 e. The maximum atomic E-state index is 14.1. The molecule has 7 rings (SSSR count). The number of phenols is 2. The fourth-order valence-corrected chi connectivity index (χ4v) is 8.37. The first-order chi connectivity index (χ1) is 28.4. The van der Waals surface area contributed by atoms with E-state index in [2.05, 4.69) is 27.1 Å². The average molecular weight is 802 g/mol. The predicted octanol–water partition coefficient (Wildman–Crippen LogP) is 4.14. The zero-order valence-corrected chi connectivity index (χ0v) is 33.0. The summed E-state index contributed by atoms with van der Waals surface area (Å²) in [5.74, 6) is 4.47. The van der Waals surface area contributed by atoms with Gasteiger partial charge in [0.1, 0.15) is 63.9 Å². The van der Waals surface area contributed by atoms with Crippen LogP contribution in [0.15, 0.2) is 87.9 Å². The quantitative estimate of drug-likeness (QED) is 0.0565. The molecule has 0 amide bonds. The van der Waals surface area contributed by atoms with Gasteiger partial charge in [-0.05, 0) is 73.8 Å². The first kappa shape index (κ1) is 40.8. The van der Waals surface area contributed by atoms with Gasteiger partial charge in [-0.15, -0.1) is 5.92 Å². The molecule has 2 aromatic carbocycles. The number of carbonyl (C=O) groups is 1. The molecule has 0 saturated heterocycles. The summed E-state index contributed by atoms with van der Waals surface area (Å²) in [6.45, 7) is 5.08. The van der Waals surface area contributed by atoms with Crippen molar-refractivity contribution in [2.24, 2.45) is 5.92 Å². The lowest BCUT2D eigenvalue weighted by atomic mass is 9.63. The monoisotopic (exact) mass is 801 g/mol. The number of benzene rings is 2. The minimum atomic E-state index is -1.61. The number of anilines is 2. The number of nitrogens with one attached hydrogen (secondary N) is 1. The van der Waals surface area contributed by atoms with Gasteiger partial charge in [-0.25, -0.2) is 14.8 Å². The highest BCUT2D eigenvalue weighted by Crippen LogP contribution is 2.56. The minimum absolute atomic E-state index is 0.0919. The zero-order valence-electron chi connectivity index (χ0n) is 33.0. The molecular formula is C45H47N5O9. The van der Waals surface area contributed by atoms with Crippen LogP contribution in [0.25, 0.3) is 11.0 Å². The van der Waals surface area contributed by atoms with Crippen molar-refractivity contribution in [2.45, 2.75) is 69.7 Å². The van der Waals surface area contributed by atoms with E-state index in [-0.39, 0.29) is 64.6 Å². The van der Waals surface area contributed by atoms with Crippen LogP contribution in [0.2, 0.25) is 0 Å². The number of rotatable bonds is 11. The summed E-state index contributed by atoms with van der Waals surface area (Å²) in [4.78, 5) is 36.6. The smallest absolute Gasteiger partial charge is 0.335 e.